The van der Waals surface area contributed by atoms with E-state index in [0.29, 0.717) is 0 Å². The van der Waals surface area contributed by atoms with Crippen LogP contribution in [0.5, 0.6) is 0 Å². The van der Waals surface area contributed by atoms with Gasteiger partial charge in [-0.05, 0) is 13.8 Å². The van der Waals surface area contributed by atoms with E-state index < -0.39 is 16.8 Å². The Bertz CT molecular complexity index is 123. The molecule has 1 unspecified atom stereocenters. The molecule has 0 bridgehead atoms. The van der Waals surface area contributed by atoms with Gasteiger partial charge in [-0.15, -0.1) is 0 Å². The summed E-state index contributed by atoms with van der Waals surface area (Å²) < 4.78 is -0.647. The Kier molecular flexibility index (Phi) is 5.79. The van der Waals surface area contributed by atoms with E-state index in [-0.39, 0.29) is 22.4 Å². The normalized spacial score (nSPS) is 13.6. The third-order valence-corrected chi connectivity index (χ3v) is 1.31. The van der Waals surface area contributed by atoms with Gasteiger partial charge in [0, 0.05) is 27.1 Å². The molecule has 0 aromatic rings. The Balaban J connectivity index is 0. The fraction of sp³-hybridized carbons (Fsp3) is 0.800. The van der Waals surface area contributed by atoms with Gasteiger partial charge in [-0.3, -0.25) is 4.79 Å². The van der Waals surface area contributed by atoms with Gasteiger partial charge in [0.25, 0.3) is 0 Å². The van der Waals surface area contributed by atoms with Crippen LogP contribution in [0.25, 0.3) is 0 Å². The van der Waals surface area contributed by atoms with Crippen LogP contribution in [0.4, 0.5) is 0 Å². The summed E-state index contributed by atoms with van der Waals surface area (Å²) in [5.74, 6) is -1.02. The Hall–Kier alpha value is 0.520. The van der Waals surface area contributed by atoms with Crippen molar-refractivity contribution in [3.05, 3.63) is 0 Å². The van der Waals surface area contributed by atoms with Crippen molar-refractivity contribution >= 4 is 18.6 Å². The maximum Gasteiger partial charge on any atom is 0.321 e. The zero-order chi connectivity index (χ0) is 7.65. The van der Waals surface area contributed by atoms with Crippen molar-refractivity contribution in [2.75, 3.05) is 0 Å². The Morgan fingerprint density at radius 2 is 2.00 bits per heavy atom. The molecule has 65 valence electrons. The number of carboxylic acid groups (broad SMARTS) is 1. The molecule has 5 heteroatoms. The predicted molar refractivity (Wildman–Crippen MR) is 38.7 cm³/mol. The molecule has 0 aliphatic carbocycles. The molecule has 0 aliphatic heterocycles. The number of carbonyl (C=O) groups is 1. The van der Waals surface area contributed by atoms with Crippen LogP contribution in [-0.2, 0) is 27.2 Å². The molecule has 3 N–H and O–H groups in total. The molecule has 10 heavy (non-hydrogen) atoms. The molecule has 0 heterocycles. The quantitative estimate of drug-likeness (QED) is 0.491. The van der Waals surface area contributed by atoms with Gasteiger partial charge in [0.05, 0.1) is 0 Å². The molecule has 0 amide bonds. The second-order valence-corrected chi connectivity index (χ2v) is 3.62. The maximum absolute atomic E-state index is 10.2. The summed E-state index contributed by atoms with van der Waals surface area (Å²) in [6.07, 6.45) is 0. The van der Waals surface area contributed by atoms with Crippen LogP contribution < -0.4 is 5.73 Å². The van der Waals surface area contributed by atoms with Gasteiger partial charge >= 0.3 is 5.97 Å². The standard InChI is InChI=1S/C5H11NO2S.Au/c1-5(2,9)3(6)4(7)8;/h3,9H,6H2,1-2H3,(H,7,8);. The van der Waals surface area contributed by atoms with Crippen LogP contribution in [0.3, 0.4) is 0 Å². The van der Waals surface area contributed by atoms with E-state index in [1.807, 2.05) is 0 Å². The summed E-state index contributed by atoms with van der Waals surface area (Å²) >= 11 is 3.98. The first-order valence-corrected chi connectivity index (χ1v) is 3.01. The average Bonchev–Trinajstić information content (AvgIpc) is 1.62. The Morgan fingerprint density at radius 1 is 1.70 bits per heavy atom. The van der Waals surface area contributed by atoms with Gasteiger partial charge in [0.15, 0.2) is 0 Å². The number of rotatable bonds is 2. The van der Waals surface area contributed by atoms with E-state index in [9.17, 15) is 4.79 Å². The largest absolute Gasteiger partial charge is 0.480 e. The second kappa shape index (κ2) is 4.41. The van der Waals surface area contributed by atoms with Gasteiger partial charge in [-0.25, -0.2) is 0 Å². The van der Waals surface area contributed by atoms with E-state index in [1.54, 1.807) is 13.8 Å². The molecular formula is C5H11AuNO2S. The van der Waals surface area contributed by atoms with Crippen LogP contribution in [-0.4, -0.2) is 21.9 Å². The monoisotopic (exact) mass is 346 g/mol. The van der Waals surface area contributed by atoms with E-state index >= 15 is 0 Å². The molecule has 0 aromatic heterocycles. The third kappa shape index (κ3) is 4.35. The smallest absolute Gasteiger partial charge is 0.321 e. The minimum absolute atomic E-state index is 0. The first-order valence-electron chi connectivity index (χ1n) is 2.56. The van der Waals surface area contributed by atoms with Crippen molar-refractivity contribution in [3.63, 3.8) is 0 Å². The molecule has 0 rings (SSSR count). The van der Waals surface area contributed by atoms with E-state index in [1.165, 1.54) is 0 Å². The van der Waals surface area contributed by atoms with Crippen LogP contribution >= 0.6 is 12.6 Å². The van der Waals surface area contributed by atoms with Crippen molar-refractivity contribution in [2.45, 2.75) is 24.6 Å². The van der Waals surface area contributed by atoms with Crippen LogP contribution in [0.2, 0.25) is 0 Å². The van der Waals surface area contributed by atoms with Crippen molar-refractivity contribution in [1.82, 2.24) is 0 Å². The van der Waals surface area contributed by atoms with Gasteiger partial charge in [-0.2, -0.15) is 12.6 Å². The summed E-state index contributed by atoms with van der Waals surface area (Å²) in [4.78, 5) is 10.2. The molecule has 1 radical (unpaired) electrons. The number of hydrogen-bond donors (Lipinski definition) is 3. The summed E-state index contributed by atoms with van der Waals surface area (Å²) in [5, 5.41) is 8.34. The SMILES string of the molecule is CC(C)(S)C(N)C(=O)O.[Au]. The number of hydrogen-bond acceptors (Lipinski definition) is 3. The summed E-state index contributed by atoms with van der Waals surface area (Å²) in [6.45, 7) is 3.32. The predicted octanol–water partition coefficient (Wildman–Crippen LogP) is 0.104. The van der Waals surface area contributed by atoms with Crippen LogP contribution in [0, 0.1) is 0 Å². The van der Waals surface area contributed by atoms with E-state index in [0.717, 1.165) is 0 Å². The first kappa shape index (κ1) is 13.1. The topological polar surface area (TPSA) is 63.3 Å². The van der Waals surface area contributed by atoms with Crippen molar-refractivity contribution in [3.8, 4) is 0 Å². The molecule has 0 fully saturated rings. The van der Waals surface area contributed by atoms with Gasteiger partial charge < -0.3 is 10.8 Å². The summed E-state index contributed by atoms with van der Waals surface area (Å²) in [5.41, 5.74) is 5.22. The van der Waals surface area contributed by atoms with Crippen LogP contribution in [0.15, 0.2) is 0 Å². The minimum atomic E-state index is -1.02. The number of carboxylic acids is 1. The summed E-state index contributed by atoms with van der Waals surface area (Å²) in [7, 11) is 0. The molecule has 0 spiro atoms. The van der Waals surface area contributed by atoms with Crippen LogP contribution in [0.1, 0.15) is 13.8 Å². The number of aliphatic carboxylic acids is 1. The molecule has 0 saturated heterocycles. The molecule has 0 aliphatic rings. The maximum atomic E-state index is 10.2. The zero-order valence-corrected chi connectivity index (χ0v) is 8.82. The second-order valence-electron chi connectivity index (χ2n) is 2.47. The molecule has 3 nitrogen and oxygen atoms in total. The van der Waals surface area contributed by atoms with E-state index in [2.05, 4.69) is 12.6 Å². The van der Waals surface area contributed by atoms with Crippen molar-refractivity contribution < 1.29 is 32.3 Å². The van der Waals surface area contributed by atoms with Crippen molar-refractivity contribution in [2.24, 2.45) is 5.73 Å². The average molecular weight is 346 g/mol. The first-order chi connectivity index (χ1) is 3.85. The fourth-order valence-corrected chi connectivity index (χ4v) is 0.413. The summed E-state index contributed by atoms with van der Waals surface area (Å²) in [6, 6.07) is -0.902. The number of thiol groups is 1. The van der Waals surface area contributed by atoms with Gasteiger partial charge in [0.1, 0.15) is 6.04 Å². The minimum Gasteiger partial charge on any atom is -0.480 e. The van der Waals surface area contributed by atoms with Gasteiger partial charge in [-0.1, -0.05) is 0 Å². The molecule has 0 aromatic carbocycles. The third-order valence-electron chi connectivity index (χ3n) is 1.03. The van der Waals surface area contributed by atoms with Gasteiger partial charge in [0.2, 0.25) is 0 Å². The zero-order valence-electron chi connectivity index (χ0n) is 5.76. The van der Waals surface area contributed by atoms with E-state index in [4.69, 9.17) is 10.8 Å². The molecule has 1 atom stereocenters. The Morgan fingerprint density at radius 3 is 2.00 bits per heavy atom. The number of nitrogens with two attached hydrogens (primary N) is 1. The molecular weight excluding hydrogens is 335 g/mol. The van der Waals surface area contributed by atoms with Crippen molar-refractivity contribution in [1.29, 1.82) is 0 Å². The molecule has 0 saturated carbocycles. The Labute approximate surface area is 81.3 Å². The fourth-order valence-electron chi connectivity index (χ4n) is 0.302.